The van der Waals surface area contributed by atoms with Crippen LogP contribution in [0.25, 0.3) is 11.5 Å². The number of anilines is 1. The molecule has 0 spiro atoms. The number of aryl methyl sites for hydroxylation is 2. The minimum absolute atomic E-state index is 0.563. The lowest BCUT2D eigenvalue weighted by Gasteiger charge is -2.43. The van der Waals surface area contributed by atoms with Crippen LogP contribution in [0.2, 0.25) is 0 Å². The van der Waals surface area contributed by atoms with Gasteiger partial charge in [0.05, 0.1) is 7.11 Å². The first-order valence-corrected chi connectivity index (χ1v) is 11.2. The molecule has 4 rings (SSSR count). The molecule has 2 aliphatic heterocycles. The van der Waals surface area contributed by atoms with Gasteiger partial charge in [0.1, 0.15) is 5.75 Å². The molecule has 3 heterocycles. The van der Waals surface area contributed by atoms with Gasteiger partial charge in [0.25, 0.3) is 0 Å². The molecule has 0 atom stereocenters. The summed E-state index contributed by atoms with van der Waals surface area (Å²) in [7, 11) is 1.69. The minimum atomic E-state index is 0.563. The summed E-state index contributed by atoms with van der Waals surface area (Å²) in [5, 5.41) is 8.68. The van der Waals surface area contributed by atoms with Crippen molar-refractivity contribution in [2.75, 3.05) is 51.3 Å². The van der Waals surface area contributed by atoms with Gasteiger partial charge in [0.2, 0.25) is 5.89 Å². The molecule has 0 N–H and O–H groups in total. The fraction of sp³-hybridized carbons (Fsp3) is 0.652. The van der Waals surface area contributed by atoms with E-state index in [1.54, 1.807) is 7.11 Å². The van der Waals surface area contributed by atoms with Crippen LogP contribution in [-0.4, -0.2) is 78.5 Å². The minimum Gasteiger partial charge on any atom is -0.496 e. The number of hydrogen-bond acceptors (Lipinski definition) is 7. The third-order valence-corrected chi connectivity index (χ3v) is 6.72. The van der Waals surface area contributed by atoms with Gasteiger partial charge in [0, 0.05) is 56.9 Å². The molecular weight excluding hydrogens is 378 g/mol. The second-order valence-electron chi connectivity index (χ2n) is 8.91. The second-order valence-corrected chi connectivity index (χ2v) is 8.91. The van der Waals surface area contributed by atoms with E-state index in [-0.39, 0.29) is 0 Å². The summed E-state index contributed by atoms with van der Waals surface area (Å²) >= 11 is 0. The number of nitrogens with zero attached hydrogens (tertiary/aromatic N) is 5. The average Bonchev–Trinajstić information content (AvgIpc) is 3.24. The van der Waals surface area contributed by atoms with Crippen molar-refractivity contribution in [1.29, 1.82) is 0 Å². The fourth-order valence-electron chi connectivity index (χ4n) is 4.78. The second kappa shape index (κ2) is 8.94. The Morgan fingerprint density at radius 1 is 0.967 bits per heavy atom. The van der Waals surface area contributed by atoms with E-state index in [1.807, 2.05) is 13.0 Å². The topological polar surface area (TPSA) is 57.9 Å². The summed E-state index contributed by atoms with van der Waals surface area (Å²) in [5.74, 6) is 1.40. The Balaban J connectivity index is 1.37. The van der Waals surface area contributed by atoms with Gasteiger partial charge in [-0.3, -0.25) is 9.80 Å². The van der Waals surface area contributed by atoms with Gasteiger partial charge in [-0.25, -0.2) is 0 Å². The van der Waals surface area contributed by atoms with Gasteiger partial charge < -0.3 is 14.1 Å². The van der Waals surface area contributed by atoms with Crippen LogP contribution < -0.4 is 9.64 Å². The molecule has 164 valence electrons. The molecule has 0 saturated carbocycles. The first-order chi connectivity index (χ1) is 14.5. The predicted octanol–water partition coefficient (Wildman–Crippen LogP) is 3.36. The van der Waals surface area contributed by atoms with E-state index in [2.05, 4.69) is 51.7 Å². The lowest BCUT2D eigenvalue weighted by atomic mass is 10.0. The molecule has 1 aromatic heterocycles. The molecule has 0 unspecified atom stereocenters. The first-order valence-electron chi connectivity index (χ1n) is 11.2. The Morgan fingerprint density at radius 3 is 2.30 bits per heavy atom. The summed E-state index contributed by atoms with van der Waals surface area (Å²) in [4.78, 5) is 7.49. The normalized spacial score (nSPS) is 19.6. The van der Waals surface area contributed by atoms with Crippen molar-refractivity contribution in [3.05, 3.63) is 23.3 Å². The highest BCUT2D eigenvalue weighted by molar-refractivity contribution is 5.63. The Labute approximate surface area is 180 Å². The number of benzene rings is 1. The van der Waals surface area contributed by atoms with Gasteiger partial charge in [-0.1, -0.05) is 11.2 Å². The van der Waals surface area contributed by atoms with E-state index in [4.69, 9.17) is 9.15 Å². The molecule has 0 bridgehead atoms. The zero-order valence-electron chi connectivity index (χ0n) is 19.0. The summed E-state index contributed by atoms with van der Waals surface area (Å²) < 4.78 is 11.5. The highest BCUT2D eigenvalue weighted by atomic mass is 16.5. The number of piperidine rings is 1. The molecule has 30 heavy (non-hydrogen) atoms. The SMILES string of the molecule is COc1cc(-c2nnc(N3CCC(N4CCN(C(C)C)CC4)CC3)o2)c(C)cc1C. The summed E-state index contributed by atoms with van der Waals surface area (Å²) in [6.07, 6.45) is 2.30. The van der Waals surface area contributed by atoms with Gasteiger partial charge in [-0.05, 0) is 57.7 Å². The largest absolute Gasteiger partial charge is 0.496 e. The standard InChI is InChI=1S/C23H35N5O2/c1-16(2)26-10-12-27(13-11-26)19-6-8-28(9-7-19)23-25-24-22(30-23)20-15-21(29-5)18(4)14-17(20)3/h14-16,19H,6-13H2,1-5H3. The molecule has 1 aromatic carbocycles. The number of methoxy groups -OCH3 is 1. The van der Waals surface area contributed by atoms with E-state index >= 15 is 0 Å². The molecule has 2 fully saturated rings. The number of piperazine rings is 1. The Morgan fingerprint density at radius 2 is 1.67 bits per heavy atom. The predicted molar refractivity (Wildman–Crippen MR) is 119 cm³/mol. The van der Waals surface area contributed by atoms with E-state index in [0.29, 0.717) is 24.0 Å². The monoisotopic (exact) mass is 413 g/mol. The zero-order chi connectivity index (χ0) is 21.3. The summed E-state index contributed by atoms with van der Waals surface area (Å²) in [5.41, 5.74) is 3.16. The number of hydrogen-bond donors (Lipinski definition) is 0. The third-order valence-electron chi connectivity index (χ3n) is 6.72. The van der Waals surface area contributed by atoms with Gasteiger partial charge >= 0.3 is 6.01 Å². The molecule has 2 aromatic rings. The van der Waals surface area contributed by atoms with Crippen molar-refractivity contribution in [2.45, 2.75) is 52.6 Å². The maximum absolute atomic E-state index is 6.08. The average molecular weight is 414 g/mol. The van der Waals surface area contributed by atoms with Crippen molar-refractivity contribution in [3.63, 3.8) is 0 Å². The van der Waals surface area contributed by atoms with E-state index < -0.39 is 0 Å². The Bertz CT molecular complexity index is 849. The summed E-state index contributed by atoms with van der Waals surface area (Å²) in [6, 6.07) is 6.04. The molecule has 0 aliphatic carbocycles. The number of ether oxygens (including phenoxy) is 1. The quantitative estimate of drug-likeness (QED) is 0.745. The van der Waals surface area contributed by atoms with Crippen LogP contribution in [0.4, 0.5) is 6.01 Å². The van der Waals surface area contributed by atoms with Crippen LogP contribution in [0.3, 0.4) is 0 Å². The fourth-order valence-corrected chi connectivity index (χ4v) is 4.78. The Kier molecular flexibility index (Phi) is 6.29. The molecule has 0 amide bonds. The maximum atomic E-state index is 6.08. The van der Waals surface area contributed by atoms with Crippen molar-refractivity contribution < 1.29 is 9.15 Å². The van der Waals surface area contributed by atoms with E-state index in [0.717, 1.165) is 48.4 Å². The van der Waals surface area contributed by atoms with Crippen LogP contribution in [0.5, 0.6) is 5.75 Å². The molecular formula is C23H35N5O2. The maximum Gasteiger partial charge on any atom is 0.318 e. The molecule has 7 heteroatoms. The van der Waals surface area contributed by atoms with Crippen LogP contribution >= 0.6 is 0 Å². The lowest BCUT2D eigenvalue weighted by molar-refractivity contribution is 0.0689. The van der Waals surface area contributed by atoms with Crippen molar-refractivity contribution in [2.24, 2.45) is 0 Å². The van der Waals surface area contributed by atoms with Gasteiger partial charge in [-0.2, -0.15) is 0 Å². The molecule has 2 aliphatic rings. The summed E-state index contributed by atoms with van der Waals surface area (Å²) in [6.45, 7) is 15.4. The smallest absolute Gasteiger partial charge is 0.318 e. The van der Waals surface area contributed by atoms with Crippen molar-refractivity contribution >= 4 is 6.01 Å². The van der Waals surface area contributed by atoms with Crippen molar-refractivity contribution in [1.82, 2.24) is 20.0 Å². The number of aromatic nitrogens is 2. The van der Waals surface area contributed by atoms with Crippen LogP contribution in [0.1, 0.15) is 37.8 Å². The van der Waals surface area contributed by atoms with Crippen LogP contribution in [-0.2, 0) is 0 Å². The first kappa shape index (κ1) is 21.1. The molecule has 7 nitrogen and oxygen atoms in total. The Hall–Kier alpha value is -2.12. The zero-order valence-corrected chi connectivity index (χ0v) is 19.0. The van der Waals surface area contributed by atoms with Gasteiger partial charge in [0.15, 0.2) is 0 Å². The van der Waals surface area contributed by atoms with E-state index in [1.165, 1.54) is 26.2 Å². The molecule has 0 radical (unpaired) electrons. The highest BCUT2D eigenvalue weighted by Crippen LogP contribution is 2.32. The number of rotatable bonds is 5. The highest BCUT2D eigenvalue weighted by Gasteiger charge is 2.29. The third kappa shape index (κ3) is 4.32. The van der Waals surface area contributed by atoms with Gasteiger partial charge in [-0.15, -0.1) is 5.10 Å². The molecule has 2 saturated heterocycles. The van der Waals surface area contributed by atoms with Crippen molar-refractivity contribution in [3.8, 4) is 17.2 Å². The lowest BCUT2D eigenvalue weighted by Crippen LogP contribution is -2.54. The van der Waals surface area contributed by atoms with Crippen LogP contribution in [0.15, 0.2) is 16.5 Å². The van der Waals surface area contributed by atoms with Crippen LogP contribution in [0, 0.1) is 13.8 Å². The van der Waals surface area contributed by atoms with E-state index in [9.17, 15) is 0 Å².